The summed E-state index contributed by atoms with van der Waals surface area (Å²) < 4.78 is 17.3. The number of para-hydroxylation sites is 1. The highest BCUT2D eigenvalue weighted by molar-refractivity contribution is 6.05. The number of carbonyl (C=O) groups is 2. The molecule has 4 unspecified atom stereocenters. The third kappa shape index (κ3) is 3.26. The van der Waals surface area contributed by atoms with E-state index in [1.165, 1.54) is 7.11 Å². The molecule has 2 heterocycles. The van der Waals surface area contributed by atoms with Gasteiger partial charge in [-0.25, -0.2) is 4.79 Å². The van der Waals surface area contributed by atoms with E-state index in [0.717, 1.165) is 5.56 Å². The van der Waals surface area contributed by atoms with Crippen molar-refractivity contribution in [2.75, 3.05) is 7.11 Å². The number of esters is 1. The largest absolute Gasteiger partial charge is 0.487 e. The van der Waals surface area contributed by atoms with E-state index in [0.29, 0.717) is 12.2 Å². The van der Waals surface area contributed by atoms with Crippen LogP contribution in [0.25, 0.3) is 0 Å². The van der Waals surface area contributed by atoms with Crippen LogP contribution in [0.3, 0.4) is 0 Å². The highest BCUT2D eigenvalue weighted by atomic mass is 16.6. The normalized spacial score (nSPS) is 25.8. The van der Waals surface area contributed by atoms with Gasteiger partial charge in [-0.2, -0.15) is 0 Å². The predicted octanol–water partition coefficient (Wildman–Crippen LogP) is 1.53. The van der Waals surface area contributed by atoms with E-state index in [4.69, 9.17) is 19.9 Å². The van der Waals surface area contributed by atoms with E-state index in [2.05, 4.69) is 0 Å². The van der Waals surface area contributed by atoms with Crippen molar-refractivity contribution in [3.05, 3.63) is 77.4 Å². The topological polar surface area (TPSA) is 108 Å². The Hall–Kier alpha value is -3.16. The molecule has 3 N–H and O–H groups in total. The number of rotatable bonds is 7. The van der Waals surface area contributed by atoms with Gasteiger partial charge in [0.15, 0.2) is 5.60 Å². The highest BCUT2D eigenvalue weighted by Gasteiger charge is 2.66. The smallest absolute Gasteiger partial charge is 0.337 e. The molecule has 2 bridgehead atoms. The van der Waals surface area contributed by atoms with Crippen LogP contribution in [-0.2, 0) is 25.5 Å². The monoisotopic (exact) mass is 409 g/mol. The Bertz CT molecular complexity index is 932. The molecule has 7 nitrogen and oxygen atoms in total. The van der Waals surface area contributed by atoms with Crippen molar-refractivity contribution >= 4 is 11.9 Å². The number of hydrogen-bond acceptors (Lipinski definition) is 6. The summed E-state index contributed by atoms with van der Waals surface area (Å²) in [6.07, 6.45) is -2.21. The van der Waals surface area contributed by atoms with Crippen molar-refractivity contribution in [3.63, 3.8) is 0 Å². The first-order valence-corrected chi connectivity index (χ1v) is 9.71. The average molecular weight is 409 g/mol. The number of primary amides is 1. The SMILES string of the molecule is COC(=O)C1=C(C(N)=O)C2CC(O)C1(C(Cc1ccccc1)Oc1ccccc1)O2. The van der Waals surface area contributed by atoms with Crippen molar-refractivity contribution < 1.29 is 28.9 Å². The number of fused-ring (bicyclic) bond motifs is 2. The molecule has 2 aliphatic heterocycles. The Morgan fingerprint density at radius 2 is 1.80 bits per heavy atom. The summed E-state index contributed by atoms with van der Waals surface area (Å²) in [4.78, 5) is 24.9. The fourth-order valence-electron chi connectivity index (χ4n) is 4.39. The van der Waals surface area contributed by atoms with Crippen LogP contribution in [-0.4, -0.2) is 48.0 Å². The number of benzene rings is 2. The third-order valence-electron chi connectivity index (χ3n) is 5.67. The number of hydrogen-bond donors (Lipinski definition) is 2. The van der Waals surface area contributed by atoms with Gasteiger partial charge in [0.2, 0.25) is 5.91 Å². The first kappa shape index (κ1) is 20.1. The fraction of sp³-hybridized carbons (Fsp3) is 0.304. The van der Waals surface area contributed by atoms with Crippen LogP contribution in [0, 0.1) is 0 Å². The molecule has 30 heavy (non-hydrogen) atoms. The molecule has 1 saturated heterocycles. The van der Waals surface area contributed by atoms with Crippen molar-refractivity contribution in [1.29, 1.82) is 0 Å². The maximum atomic E-state index is 12.7. The maximum Gasteiger partial charge on any atom is 0.337 e. The zero-order valence-corrected chi connectivity index (χ0v) is 16.5. The molecule has 4 atom stereocenters. The fourth-order valence-corrected chi connectivity index (χ4v) is 4.39. The lowest BCUT2D eigenvalue weighted by Crippen LogP contribution is -2.56. The van der Waals surface area contributed by atoms with E-state index in [-0.39, 0.29) is 17.6 Å². The van der Waals surface area contributed by atoms with Crippen LogP contribution in [0.5, 0.6) is 5.75 Å². The Balaban J connectivity index is 1.84. The second kappa shape index (κ2) is 7.93. The van der Waals surface area contributed by atoms with Crippen molar-refractivity contribution in [1.82, 2.24) is 0 Å². The standard InChI is InChI=1S/C23H23NO6/c1-28-22(27)20-19(21(24)26)16-13-17(25)23(20,30-16)18(12-14-8-4-2-5-9-14)29-15-10-6-3-7-11-15/h2-11,16-18,25H,12-13H2,1H3,(H2,24,26). The zero-order chi connectivity index (χ0) is 21.3. The Morgan fingerprint density at radius 3 is 2.40 bits per heavy atom. The number of aliphatic hydroxyl groups excluding tert-OH is 1. The van der Waals surface area contributed by atoms with Gasteiger partial charge in [-0.05, 0) is 17.7 Å². The van der Waals surface area contributed by atoms with Gasteiger partial charge in [0, 0.05) is 12.8 Å². The van der Waals surface area contributed by atoms with Gasteiger partial charge in [-0.3, -0.25) is 4.79 Å². The number of carbonyl (C=O) groups excluding carboxylic acids is 2. The second-order valence-corrected chi connectivity index (χ2v) is 7.40. The van der Waals surface area contributed by atoms with Gasteiger partial charge in [0.05, 0.1) is 30.5 Å². The lowest BCUT2D eigenvalue weighted by atomic mass is 9.74. The van der Waals surface area contributed by atoms with Crippen LogP contribution in [0.4, 0.5) is 0 Å². The summed E-state index contributed by atoms with van der Waals surface area (Å²) in [7, 11) is 1.21. The van der Waals surface area contributed by atoms with E-state index in [1.54, 1.807) is 12.1 Å². The Kier molecular flexibility index (Phi) is 5.32. The number of ether oxygens (including phenoxy) is 3. The molecule has 1 amide bonds. The van der Waals surface area contributed by atoms with E-state index in [1.807, 2.05) is 48.5 Å². The summed E-state index contributed by atoms with van der Waals surface area (Å²) in [5.41, 5.74) is 4.90. The molecule has 0 aliphatic carbocycles. The second-order valence-electron chi connectivity index (χ2n) is 7.40. The van der Waals surface area contributed by atoms with Crippen molar-refractivity contribution in [2.24, 2.45) is 5.73 Å². The molecule has 2 aromatic carbocycles. The van der Waals surface area contributed by atoms with Crippen LogP contribution >= 0.6 is 0 Å². The van der Waals surface area contributed by atoms with Gasteiger partial charge in [-0.1, -0.05) is 48.5 Å². The molecule has 1 fully saturated rings. The lowest BCUT2D eigenvalue weighted by molar-refractivity contribution is -0.145. The molecule has 0 saturated carbocycles. The van der Waals surface area contributed by atoms with Gasteiger partial charge >= 0.3 is 5.97 Å². The Morgan fingerprint density at radius 1 is 1.17 bits per heavy atom. The quantitative estimate of drug-likeness (QED) is 0.672. The first-order chi connectivity index (χ1) is 14.5. The van der Waals surface area contributed by atoms with Gasteiger partial charge in [0.25, 0.3) is 0 Å². The average Bonchev–Trinajstić information content (AvgIpc) is 3.27. The van der Waals surface area contributed by atoms with E-state index < -0.39 is 35.8 Å². The summed E-state index contributed by atoms with van der Waals surface area (Å²) >= 11 is 0. The van der Waals surface area contributed by atoms with Crippen LogP contribution in [0.15, 0.2) is 71.8 Å². The molecule has 0 radical (unpaired) electrons. The summed E-state index contributed by atoms with van der Waals surface area (Å²) in [5.74, 6) is -0.990. The Labute approximate surface area is 174 Å². The molecule has 2 aromatic rings. The van der Waals surface area contributed by atoms with Gasteiger partial charge in [0.1, 0.15) is 11.9 Å². The third-order valence-corrected chi connectivity index (χ3v) is 5.67. The highest BCUT2D eigenvalue weighted by Crippen LogP contribution is 2.51. The van der Waals surface area contributed by atoms with Gasteiger partial charge < -0.3 is 25.1 Å². The van der Waals surface area contributed by atoms with Crippen molar-refractivity contribution in [3.8, 4) is 5.75 Å². The minimum atomic E-state index is -1.58. The predicted molar refractivity (Wildman–Crippen MR) is 107 cm³/mol. The maximum absolute atomic E-state index is 12.7. The minimum Gasteiger partial charge on any atom is -0.487 e. The number of nitrogens with two attached hydrogens (primary N) is 1. The van der Waals surface area contributed by atoms with Crippen molar-refractivity contribution in [2.45, 2.75) is 36.8 Å². The summed E-state index contributed by atoms with van der Waals surface area (Å²) in [5, 5.41) is 11.0. The molecular weight excluding hydrogens is 386 g/mol. The van der Waals surface area contributed by atoms with Crippen LogP contribution in [0.1, 0.15) is 12.0 Å². The lowest BCUT2D eigenvalue weighted by Gasteiger charge is -2.38. The number of methoxy groups -OCH3 is 1. The molecule has 0 aromatic heterocycles. The van der Waals surface area contributed by atoms with Crippen LogP contribution in [0.2, 0.25) is 0 Å². The number of amides is 1. The molecule has 4 rings (SSSR count). The molecular formula is C23H23NO6. The van der Waals surface area contributed by atoms with Crippen LogP contribution < -0.4 is 10.5 Å². The summed E-state index contributed by atoms with van der Waals surface area (Å²) in [6.45, 7) is 0. The minimum absolute atomic E-state index is 0.0434. The van der Waals surface area contributed by atoms with E-state index in [9.17, 15) is 14.7 Å². The molecule has 7 heteroatoms. The summed E-state index contributed by atoms with van der Waals surface area (Å²) in [6, 6.07) is 18.6. The van der Waals surface area contributed by atoms with Gasteiger partial charge in [-0.15, -0.1) is 0 Å². The first-order valence-electron chi connectivity index (χ1n) is 9.71. The number of aliphatic hydroxyl groups is 1. The zero-order valence-electron chi connectivity index (χ0n) is 16.5. The molecule has 156 valence electrons. The van der Waals surface area contributed by atoms with E-state index >= 15 is 0 Å². The molecule has 0 spiro atoms. The molecule has 2 aliphatic rings.